The van der Waals surface area contributed by atoms with Crippen molar-refractivity contribution in [3.05, 3.63) is 28.7 Å². The van der Waals surface area contributed by atoms with E-state index in [9.17, 15) is 9.59 Å². The van der Waals surface area contributed by atoms with Gasteiger partial charge in [0.2, 0.25) is 11.8 Å². The van der Waals surface area contributed by atoms with Crippen LogP contribution in [0.4, 0.5) is 0 Å². The number of hydrogen-bond acceptors (Lipinski definition) is 4. The van der Waals surface area contributed by atoms with Crippen LogP contribution in [0, 0.1) is 0 Å². The molecule has 1 atom stereocenters. The van der Waals surface area contributed by atoms with Crippen molar-refractivity contribution in [1.82, 2.24) is 10.2 Å². The van der Waals surface area contributed by atoms with Gasteiger partial charge in [-0.3, -0.25) is 14.5 Å². The first kappa shape index (κ1) is 15.0. The van der Waals surface area contributed by atoms with Crippen LogP contribution in [0.25, 0.3) is 0 Å². The average molecular weight is 341 g/mol. The average Bonchev–Trinajstić information content (AvgIpc) is 2.45. The molecule has 1 aromatic carbocycles. The summed E-state index contributed by atoms with van der Waals surface area (Å²) in [7, 11) is 1.52. The van der Waals surface area contributed by atoms with Crippen molar-refractivity contribution in [2.45, 2.75) is 18.9 Å². The Morgan fingerprint density at radius 2 is 2.05 bits per heavy atom. The fourth-order valence-electron chi connectivity index (χ4n) is 2.04. The number of nitrogens with zero attached hydrogens (tertiary/aromatic N) is 1. The van der Waals surface area contributed by atoms with Gasteiger partial charge in [-0.2, -0.15) is 0 Å². The molecule has 0 aliphatic carbocycles. The van der Waals surface area contributed by atoms with Crippen molar-refractivity contribution in [2.75, 3.05) is 20.2 Å². The van der Waals surface area contributed by atoms with E-state index in [0.717, 1.165) is 10.2 Å². The molecule has 0 aromatic heterocycles. The highest BCUT2D eigenvalue weighted by molar-refractivity contribution is 9.10. The first-order valence-electron chi connectivity index (χ1n) is 6.50. The molecule has 0 spiro atoms. The number of carbonyl (C=O) groups is 2. The second-order valence-corrected chi connectivity index (χ2v) is 5.55. The standard InChI is InChI=1S/C14H17BrN2O3/c1-17-13(18)7-6-12(14(17)19)16-8-9-20-11-4-2-10(15)3-5-11/h2-5,12,16H,6-9H2,1H3. The summed E-state index contributed by atoms with van der Waals surface area (Å²) >= 11 is 3.36. The zero-order chi connectivity index (χ0) is 14.5. The van der Waals surface area contributed by atoms with Crippen LogP contribution in [0.1, 0.15) is 12.8 Å². The molecule has 6 heteroatoms. The highest BCUT2D eigenvalue weighted by Gasteiger charge is 2.30. The minimum absolute atomic E-state index is 0.112. The predicted molar refractivity (Wildman–Crippen MR) is 78.4 cm³/mol. The van der Waals surface area contributed by atoms with Crippen molar-refractivity contribution in [3.63, 3.8) is 0 Å². The molecule has 1 unspecified atom stereocenters. The molecular weight excluding hydrogens is 324 g/mol. The molecule has 1 fully saturated rings. The smallest absolute Gasteiger partial charge is 0.246 e. The summed E-state index contributed by atoms with van der Waals surface area (Å²) in [6.07, 6.45) is 0.966. The Labute approximate surface area is 126 Å². The van der Waals surface area contributed by atoms with E-state index in [1.165, 1.54) is 11.9 Å². The summed E-state index contributed by atoms with van der Waals surface area (Å²) in [6.45, 7) is 1.04. The van der Waals surface area contributed by atoms with Gasteiger partial charge in [0, 0.05) is 24.5 Å². The summed E-state index contributed by atoms with van der Waals surface area (Å²) in [6, 6.07) is 7.29. The minimum Gasteiger partial charge on any atom is -0.492 e. The van der Waals surface area contributed by atoms with Gasteiger partial charge in [-0.15, -0.1) is 0 Å². The number of nitrogens with one attached hydrogen (secondary N) is 1. The zero-order valence-electron chi connectivity index (χ0n) is 11.3. The Morgan fingerprint density at radius 1 is 1.35 bits per heavy atom. The van der Waals surface area contributed by atoms with E-state index in [0.29, 0.717) is 26.0 Å². The van der Waals surface area contributed by atoms with Gasteiger partial charge >= 0.3 is 0 Å². The van der Waals surface area contributed by atoms with Gasteiger partial charge in [0.05, 0.1) is 6.04 Å². The largest absolute Gasteiger partial charge is 0.492 e. The van der Waals surface area contributed by atoms with Crippen molar-refractivity contribution in [2.24, 2.45) is 0 Å². The second-order valence-electron chi connectivity index (χ2n) is 4.64. The SMILES string of the molecule is CN1C(=O)CCC(NCCOc2ccc(Br)cc2)C1=O. The van der Waals surface area contributed by atoms with E-state index in [-0.39, 0.29) is 17.9 Å². The Hall–Kier alpha value is -1.40. The van der Waals surface area contributed by atoms with Crippen LogP contribution in [0.3, 0.4) is 0 Å². The van der Waals surface area contributed by atoms with Gasteiger partial charge in [0.25, 0.3) is 0 Å². The van der Waals surface area contributed by atoms with Crippen LogP contribution in [-0.2, 0) is 9.59 Å². The molecule has 1 saturated heterocycles. The fraction of sp³-hybridized carbons (Fsp3) is 0.429. The first-order chi connectivity index (χ1) is 9.58. The number of piperidine rings is 1. The molecule has 0 saturated carbocycles. The van der Waals surface area contributed by atoms with Crippen LogP contribution in [-0.4, -0.2) is 43.0 Å². The van der Waals surface area contributed by atoms with Gasteiger partial charge in [-0.1, -0.05) is 15.9 Å². The fourth-order valence-corrected chi connectivity index (χ4v) is 2.30. The van der Waals surface area contributed by atoms with E-state index in [4.69, 9.17) is 4.74 Å². The second kappa shape index (κ2) is 6.85. The van der Waals surface area contributed by atoms with Crippen LogP contribution < -0.4 is 10.1 Å². The van der Waals surface area contributed by atoms with Crippen molar-refractivity contribution in [3.8, 4) is 5.75 Å². The van der Waals surface area contributed by atoms with E-state index in [2.05, 4.69) is 21.2 Å². The molecule has 1 N–H and O–H groups in total. The number of amides is 2. The summed E-state index contributed by atoms with van der Waals surface area (Å²) in [5.41, 5.74) is 0. The maximum Gasteiger partial charge on any atom is 0.246 e. The van der Waals surface area contributed by atoms with Gasteiger partial charge in [0.1, 0.15) is 12.4 Å². The topological polar surface area (TPSA) is 58.6 Å². The Balaban J connectivity index is 1.72. The quantitative estimate of drug-likeness (QED) is 0.652. The Kier molecular flexibility index (Phi) is 5.14. The molecule has 108 valence electrons. The summed E-state index contributed by atoms with van der Waals surface area (Å²) in [4.78, 5) is 24.4. The molecule has 2 rings (SSSR count). The number of likely N-dealkylation sites (N-methyl/N-ethyl adjacent to an activating group) is 1. The van der Waals surface area contributed by atoms with E-state index < -0.39 is 0 Å². The van der Waals surface area contributed by atoms with Gasteiger partial charge in [-0.05, 0) is 30.7 Å². The van der Waals surface area contributed by atoms with E-state index in [1.807, 2.05) is 24.3 Å². The number of likely N-dealkylation sites (tertiary alicyclic amines) is 1. The predicted octanol–water partition coefficient (Wildman–Crippen LogP) is 1.56. The van der Waals surface area contributed by atoms with E-state index >= 15 is 0 Å². The molecule has 1 aliphatic heterocycles. The van der Waals surface area contributed by atoms with E-state index in [1.54, 1.807) is 0 Å². The maximum atomic E-state index is 11.8. The Bertz CT molecular complexity index is 490. The lowest BCUT2D eigenvalue weighted by atomic mass is 10.0. The third-order valence-corrected chi connectivity index (χ3v) is 3.75. The Morgan fingerprint density at radius 3 is 2.75 bits per heavy atom. The third kappa shape index (κ3) is 3.80. The van der Waals surface area contributed by atoms with Crippen molar-refractivity contribution in [1.29, 1.82) is 0 Å². The lowest BCUT2D eigenvalue weighted by Gasteiger charge is -2.28. The lowest BCUT2D eigenvalue weighted by Crippen LogP contribution is -2.52. The number of benzene rings is 1. The summed E-state index contributed by atoms with van der Waals surface area (Å²) in [5, 5.41) is 3.13. The number of halogens is 1. The lowest BCUT2D eigenvalue weighted by molar-refractivity contribution is -0.148. The number of hydrogen-bond donors (Lipinski definition) is 1. The molecule has 5 nitrogen and oxygen atoms in total. The monoisotopic (exact) mass is 340 g/mol. The normalized spacial score (nSPS) is 19.3. The van der Waals surface area contributed by atoms with Crippen LogP contribution in [0.15, 0.2) is 28.7 Å². The maximum absolute atomic E-state index is 11.8. The molecule has 0 radical (unpaired) electrons. The van der Waals surface area contributed by atoms with Gasteiger partial charge in [-0.25, -0.2) is 0 Å². The molecular formula is C14H17BrN2O3. The minimum atomic E-state index is -0.286. The highest BCUT2D eigenvalue weighted by Crippen LogP contribution is 2.16. The van der Waals surface area contributed by atoms with Crippen LogP contribution in [0.5, 0.6) is 5.75 Å². The third-order valence-electron chi connectivity index (χ3n) is 3.22. The molecule has 0 bridgehead atoms. The number of rotatable bonds is 5. The molecule has 1 aromatic rings. The van der Waals surface area contributed by atoms with Gasteiger partial charge in [0.15, 0.2) is 0 Å². The van der Waals surface area contributed by atoms with Crippen molar-refractivity contribution >= 4 is 27.7 Å². The summed E-state index contributed by atoms with van der Waals surface area (Å²) < 4.78 is 6.56. The zero-order valence-corrected chi connectivity index (χ0v) is 12.9. The van der Waals surface area contributed by atoms with Crippen LogP contribution >= 0.6 is 15.9 Å². The molecule has 1 heterocycles. The number of carbonyl (C=O) groups excluding carboxylic acids is 2. The van der Waals surface area contributed by atoms with Crippen LogP contribution in [0.2, 0.25) is 0 Å². The molecule has 2 amide bonds. The molecule has 1 aliphatic rings. The summed E-state index contributed by atoms with van der Waals surface area (Å²) in [5.74, 6) is 0.515. The van der Waals surface area contributed by atoms with Crippen molar-refractivity contribution < 1.29 is 14.3 Å². The number of ether oxygens (including phenoxy) is 1. The molecule has 20 heavy (non-hydrogen) atoms. The first-order valence-corrected chi connectivity index (χ1v) is 7.29. The number of imide groups is 1. The highest BCUT2D eigenvalue weighted by atomic mass is 79.9. The van der Waals surface area contributed by atoms with Gasteiger partial charge < -0.3 is 10.1 Å².